The zero-order valence-electron chi connectivity index (χ0n) is 14.1. The van der Waals surface area contributed by atoms with Crippen molar-refractivity contribution in [3.63, 3.8) is 0 Å². The van der Waals surface area contributed by atoms with E-state index in [4.69, 9.17) is 27.9 Å². The van der Waals surface area contributed by atoms with Gasteiger partial charge in [0.05, 0.1) is 5.69 Å². The first-order valence-electron chi connectivity index (χ1n) is 7.83. The van der Waals surface area contributed by atoms with Crippen LogP contribution in [0.15, 0.2) is 42.5 Å². The van der Waals surface area contributed by atoms with Crippen molar-refractivity contribution in [3.05, 3.63) is 58.1 Å². The Balaban J connectivity index is 1.71. The number of carbonyl (C=O) groups is 2. The standard InChI is InChI=1S/C19H16Cl2N2O3/c1-19(2)18(25)23-15-10-13(6-7-16(15)26-19)22-17(24)8-4-11-3-5-12(20)9-14(11)21/h3-10H,1-2H3,(H,22,24)(H,23,25)/b8-4+. The summed E-state index contributed by atoms with van der Waals surface area (Å²) in [5, 5.41) is 6.48. The maximum Gasteiger partial charge on any atom is 0.268 e. The fraction of sp³-hybridized carbons (Fsp3) is 0.158. The Hall–Kier alpha value is -2.50. The topological polar surface area (TPSA) is 67.4 Å². The van der Waals surface area contributed by atoms with Gasteiger partial charge in [0, 0.05) is 21.8 Å². The van der Waals surface area contributed by atoms with Crippen molar-refractivity contribution in [1.29, 1.82) is 0 Å². The van der Waals surface area contributed by atoms with Gasteiger partial charge < -0.3 is 15.4 Å². The lowest BCUT2D eigenvalue weighted by atomic mass is 10.1. The summed E-state index contributed by atoms with van der Waals surface area (Å²) in [6.45, 7) is 3.38. The molecule has 0 aromatic heterocycles. The third-order valence-corrected chi connectivity index (χ3v) is 4.35. The van der Waals surface area contributed by atoms with Crippen LogP contribution in [0.4, 0.5) is 11.4 Å². The highest BCUT2D eigenvalue weighted by Gasteiger charge is 2.35. The van der Waals surface area contributed by atoms with Gasteiger partial charge in [-0.25, -0.2) is 0 Å². The lowest BCUT2D eigenvalue weighted by molar-refractivity contribution is -0.129. The van der Waals surface area contributed by atoms with E-state index >= 15 is 0 Å². The first kappa shape index (κ1) is 18.3. The average molecular weight is 391 g/mol. The van der Waals surface area contributed by atoms with Crippen molar-refractivity contribution in [1.82, 2.24) is 0 Å². The summed E-state index contributed by atoms with van der Waals surface area (Å²) < 4.78 is 5.66. The molecule has 1 heterocycles. The molecule has 0 fully saturated rings. The van der Waals surface area contributed by atoms with Gasteiger partial charge in [-0.15, -0.1) is 0 Å². The molecule has 2 amide bonds. The number of fused-ring (bicyclic) bond motifs is 1. The molecule has 5 nitrogen and oxygen atoms in total. The van der Waals surface area contributed by atoms with Crippen molar-refractivity contribution in [3.8, 4) is 5.75 Å². The minimum Gasteiger partial charge on any atom is -0.476 e. The first-order chi connectivity index (χ1) is 12.2. The van der Waals surface area contributed by atoms with Gasteiger partial charge in [0.15, 0.2) is 5.60 Å². The summed E-state index contributed by atoms with van der Waals surface area (Å²) in [7, 11) is 0. The normalized spacial score (nSPS) is 15.2. The number of rotatable bonds is 3. The van der Waals surface area contributed by atoms with E-state index in [1.54, 1.807) is 56.3 Å². The summed E-state index contributed by atoms with van der Waals surface area (Å²) in [4.78, 5) is 24.1. The van der Waals surface area contributed by atoms with E-state index in [0.29, 0.717) is 32.7 Å². The van der Waals surface area contributed by atoms with Crippen molar-refractivity contribution in [2.75, 3.05) is 10.6 Å². The lowest BCUT2D eigenvalue weighted by Gasteiger charge is -2.31. The highest BCUT2D eigenvalue weighted by Crippen LogP contribution is 2.35. The molecule has 0 spiro atoms. The molecule has 134 valence electrons. The summed E-state index contributed by atoms with van der Waals surface area (Å²) in [6.07, 6.45) is 2.96. The summed E-state index contributed by atoms with van der Waals surface area (Å²) in [5.74, 6) is -0.0267. The van der Waals surface area contributed by atoms with Crippen LogP contribution in [0.5, 0.6) is 5.75 Å². The number of nitrogens with one attached hydrogen (secondary N) is 2. The fourth-order valence-electron chi connectivity index (χ4n) is 2.37. The number of ether oxygens (including phenoxy) is 1. The van der Waals surface area contributed by atoms with Crippen molar-refractivity contribution in [2.45, 2.75) is 19.4 Å². The number of amides is 2. The number of hydrogen-bond acceptors (Lipinski definition) is 3. The number of anilines is 2. The van der Waals surface area contributed by atoms with E-state index in [1.165, 1.54) is 6.08 Å². The van der Waals surface area contributed by atoms with E-state index in [-0.39, 0.29) is 11.8 Å². The molecule has 2 N–H and O–H groups in total. The van der Waals surface area contributed by atoms with Crippen LogP contribution >= 0.6 is 23.2 Å². The number of carbonyl (C=O) groups excluding carboxylic acids is 2. The van der Waals surface area contributed by atoms with Crippen molar-refractivity contribution in [2.24, 2.45) is 0 Å². The molecule has 0 bridgehead atoms. The summed E-state index contributed by atoms with van der Waals surface area (Å²) in [5.41, 5.74) is 0.791. The highest BCUT2D eigenvalue weighted by atomic mass is 35.5. The van der Waals surface area contributed by atoms with Crippen LogP contribution in [0.2, 0.25) is 10.0 Å². The molecule has 0 atom stereocenters. The second kappa shape index (κ2) is 7.02. The van der Waals surface area contributed by atoms with Crippen LogP contribution in [0.25, 0.3) is 6.08 Å². The Bertz CT molecular complexity index is 923. The molecule has 1 aliphatic rings. The molecule has 0 radical (unpaired) electrons. The Morgan fingerprint density at radius 3 is 2.69 bits per heavy atom. The Morgan fingerprint density at radius 2 is 1.96 bits per heavy atom. The van der Waals surface area contributed by atoms with Crippen LogP contribution in [-0.4, -0.2) is 17.4 Å². The number of halogens is 2. The largest absolute Gasteiger partial charge is 0.476 e. The van der Waals surface area contributed by atoms with Crippen LogP contribution < -0.4 is 15.4 Å². The zero-order chi connectivity index (χ0) is 18.9. The maximum atomic E-state index is 12.1. The molecule has 26 heavy (non-hydrogen) atoms. The van der Waals surface area contributed by atoms with Gasteiger partial charge in [0.2, 0.25) is 5.91 Å². The van der Waals surface area contributed by atoms with Crippen LogP contribution in [0, 0.1) is 0 Å². The van der Waals surface area contributed by atoms with Gasteiger partial charge >= 0.3 is 0 Å². The monoisotopic (exact) mass is 390 g/mol. The van der Waals surface area contributed by atoms with Gasteiger partial charge in [0.1, 0.15) is 5.75 Å². The minimum absolute atomic E-state index is 0.245. The number of benzene rings is 2. The second-order valence-corrected chi connectivity index (χ2v) is 7.11. The number of hydrogen-bond donors (Lipinski definition) is 2. The first-order valence-corrected chi connectivity index (χ1v) is 8.59. The predicted molar refractivity (Wildman–Crippen MR) is 104 cm³/mol. The zero-order valence-corrected chi connectivity index (χ0v) is 15.6. The van der Waals surface area contributed by atoms with E-state index in [1.807, 2.05) is 0 Å². The summed E-state index contributed by atoms with van der Waals surface area (Å²) in [6, 6.07) is 10.1. The third kappa shape index (κ3) is 4.00. The Morgan fingerprint density at radius 1 is 1.19 bits per heavy atom. The quantitative estimate of drug-likeness (QED) is 0.742. The minimum atomic E-state index is -0.932. The van der Waals surface area contributed by atoms with E-state index in [2.05, 4.69) is 10.6 Å². The van der Waals surface area contributed by atoms with Gasteiger partial charge in [-0.3, -0.25) is 9.59 Å². The summed E-state index contributed by atoms with van der Waals surface area (Å²) >= 11 is 11.9. The third-order valence-electron chi connectivity index (χ3n) is 3.78. The second-order valence-electron chi connectivity index (χ2n) is 6.27. The molecule has 0 aliphatic carbocycles. The van der Waals surface area contributed by atoms with Crippen LogP contribution in [-0.2, 0) is 9.59 Å². The van der Waals surface area contributed by atoms with Crippen LogP contribution in [0.1, 0.15) is 19.4 Å². The van der Waals surface area contributed by atoms with E-state index in [9.17, 15) is 9.59 Å². The van der Waals surface area contributed by atoms with Crippen molar-refractivity contribution < 1.29 is 14.3 Å². The van der Waals surface area contributed by atoms with Crippen molar-refractivity contribution >= 4 is 52.5 Å². The fourth-order valence-corrected chi connectivity index (χ4v) is 2.85. The molecule has 2 aromatic rings. The molecular formula is C19H16Cl2N2O3. The van der Waals surface area contributed by atoms with Gasteiger partial charge in [-0.2, -0.15) is 0 Å². The van der Waals surface area contributed by atoms with Gasteiger partial charge in [-0.05, 0) is 55.8 Å². The average Bonchev–Trinajstić information content (AvgIpc) is 2.55. The highest BCUT2D eigenvalue weighted by molar-refractivity contribution is 6.35. The molecule has 1 aliphatic heterocycles. The molecule has 0 saturated carbocycles. The smallest absolute Gasteiger partial charge is 0.268 e. The Kier molecular flexibility index (Phi) is 4.94. The molecule has 3 rings (SSSR count). The predicted octanol–water partition coefficient (Wildman–Crippen LogP) is 4.75. The molecule has 2 aromatic carbocycles. The van der Waals surface area contributed by atoms with Gasteiger partial charge in [-0.1, -0.05) is 29.3 Å². The van der Waals surface area contributed by atoms with Gasteiger partial charge in [0.25, 0.3) is 5.91 Å². The van der Waals surface area contributed by atoms with E-state index in [0.717, 1.165) is 0 Å². The lowest BCUT2D eigenvalue weighted by Crippen LogP contribution is -2.45. The van der Waals surface area contributed by atoms with E-state index < -0.39 is 5.60 Å². The molecular weight excluding hydrogens is 375 g/mol. The Labute approximate surface area is 160 Å². The van der Waals surface area contributed by atoms with Crippen LogP contribution in [0.3, 0.4) is 0 Å². The molecule has 0 saturated heterocycles. The molecule has 0 unspecified atom stereocenters. The maximum absolute atomic E-state index is 12.1. The molecule has 7 heteroatoms. The SMILES string of the molecule is CC1(C)Oc2ccc(NC(=O)/C=C/c3ccc(Cl)cc3Cl)cc2NC1=O.